The average molecular weight is 747 g/mol. The van der Waals surface area contributed by atoms with Crippen LogP contribution in [0.5, 0.6) is 23.0 Å². The Morgan fingerprint density at radius 2 is 0.574 bits per heavy atom. The van der Waals surface area contributed by atoms with Gasteiger partial charge in [0.25, 0.3) is 0 Å². The van der Waals surface area contributed by atoms with Gasteiger partial charge in [-0.2, -0.15) is 0 Å². The summed E-state index contributed by atoms with van der Waals surface area (Å²) in [7, 11) is 0. The summed E-state index contributed by atoms with van der Waals surface area (Å²) in [6.07, 6.45) is 35.4. The summed E-state index contributed by atoms with van der Waals surface area (Å²) in [6, 6.07) is 13.0. The quantitative estimate of drug-likeness (QED) is 0.0438. The highest BCUT2D eigenvalue weighted by Crippen LogP contribution is 2.49. The van der Waals surface area contributed by atoms with Gasteiger partial charge in [0, 0.05) is 10.8 Å². The number of hydrogen-bond acceptors (Lipinski definition) is 4. The topological polar surface area (TPSA) is 36.9 Å². The molecule has 0 aliphatic heterocycles. The van der Waals surface area contributed by atoms with Crippen LogP contribution in [0.3, 0.4) is 0 Å². The maximum atomic E-state index is 6.94. The fourth-order valence-corrected chi connectivity index (χ4v) is 7.67. The van der Waals surface area contributed by atoms with E-state index in [0.29, 0.717) is 26.4 Å². The van der Waals surface area contributed by atoms with Crippen LogP contribution in [0.2, 0.25) is 0 Å². The minimum atomic E-state index is 0.689. The molecule has 0 radical (unpaired) electrons. The third-order valence-corrected chi connectivity index (χ3v) is 11.0. The molecule has 0 heterocycles. The van der Waals surface area contributed by atoms with Crippen LogP contribution < -0.4 is 18.9 Å². The minimum Gasteiger partial charge on any atom is -0.493 e. The molecular formula is C50H82O4. The summed E-state index contributed by atoms with van der Waals surface area (Å²) in [4.78, 5) is 0. The van der Waals surface area contributed by atoms with E-state index in [0.717, 1.165) is 70.2 Å². The van der Waals surface area contributed by atoms with E-state index in [2.05, 4.69) is 64.1 Å². The minimum absolute atomic E-state index is 0.689. The fourth-order valence-electron chi connectivity index (χ4n) is 7.67. The molecule has 0 atom stereocenters. The maximum Gasteiger partial charge on any atom is 0.142 e. The summed E-state index contributed by atoms with van der Waals surface area (Å²) in [5.41, 5.74) is 0. The first kappa shape index (κ1) is 45.8. The van der Waals surface area contributed by atoms with Crippen molar-refractivity contribution in [2.24, 2.45) is 0 Å². The molecule has 0 spiro atoms. The van der Waals surface area contributed by atoms with Crippen LogP contribution in [0.1, 0.15) is 207 Å². The molecule has 0 unspecified atom stereocenters. The lowest BCUT2D eigenvalue weighted by Gasteiger charge is -2.22. The molecule has 3 aromatic rings. The van der Waals surface area contributed by atoms with E-state index < -0.39 is 0 Å². The van der Waals surface area contributed by atoms with Gasteiger partial charge >= 0.3 is 0 Å². The van der Waals surface area contributed by atoms with Crippen molar-refractivity contribution in [3.05, 3.63) is 36.4 Å². The van der Waals surface area contributed by atoms with E-state index in [1.54, 1.807) is 0 Å². The van der Waals surface area contributed by atoms with Crippen molar-refractivity contribution in [1.82, 2.24) is 0 Å². The molecule has 0 N–H and O–H groups in total. The van der Waals surface area contributed by atoms with Gasteiger partial charge in [0.05, 0.1) is 37.2 Å². The summed E-state index contributed by atoms with van der Waals surface area (Å²) >= 11 is 0. The standard InChI is InChI=1S/C50H82O4/c1-5-9-13-17-21-25-29-39-51-45-37-33-35-43-47(45)50(54-42-32-28-24-20-16-12-8-4)48-44(49(43)53-41-31-27-23-19-15-11-7-3)36-34-38-46(48)52-40-30-26-22-18-14-10-6-2/h33-38H,5-32,39-42H2,1-4H3. The van der Waals surface area contributed by atoms with Crippen LogP contribution in [0.4, 0.5) is 0 Å². The molecule has 4 heteroatoms. The number of benzene rings is 3. The highest BCUT2D eigenvalue weighted by molar-refractivity contribution is 6.15. The first-order valence-corrected chi connectivity index (χ1v) is 23.3. The third kappa shape index (κ3) is 17.5. The maximum absolute atomic E-state index is 6.94. The zero-order chi connectivity index (χ0) is 38.3. The van der Waals surface area contributed by atoms with Crippen molar-refractivity contribution >= 4 is 21.5 Å². The van der Waals surface area contributed by atoms with Gasteiger partial charge < -0.3 is 18.9 Å². The molecule has 0 aliphatic carbocycles. The lowest BCUT2D eigenvalue weighted by Crippen LogP contribution is -2.06. The normalized spacial score (nSPS) is 11.5. The Bertz CT molecular complexity index is 1270. The largest absolute Gasteiger partial charge is 0.493 e. The average Bonchev–Trinajstić information content (AvgIpc) is 3.19. The second-order valence-electron chi connectivity index (χ2n) is 15.9. The zero-order valence-electron chi connectivity index (χ0n) is 35.7. The molecule has 0 bridgehead atoms. The Labute approximate surface area is 332 Å². The highest BCUT2D eigenvalue weighted by Gasteiger charge is 2.23. The Morgan fingerprint density at radius 1 is 0.296 bits per heavy atom. The van der Waals surface area contributed by atoms with Crippen molar-refractivity contribution in [2.45, 2.75) is 207 Å². The fraction of sp³-hybridized carbons (Fsp3) is 0.720. The second kappa shape index (κ2) is 30.6. The predicted octanol–water partition coefficient (Wildman–Crippen LogP) is 16.5. The van der Waals surface area contributed by atoms with Crippen LogP contribution in [0.15, 0.2) is 36.4 Å². The molecule has 0 saturated carbocycles. The van der Waals surface area contributed by atoms with Gasteiger partial charge in [0.1, 0.15) is 23.0 Å². The first-order chi connectivity index (χ1) is 26.8. The van der Waals surface area contributed by atoms with Gasteiger partial charge in [0.15, 0.2) is 0 Å². The summed E-state index contributed by atoms with van der Waals surface area (Å²) in [5, 5.41) is 4.25. The molecule has 3 aromatic carbocycles. The molecule has 0 aromatic heterocycles. The first-order valence-electron chi connectivity index (χ1n) is 23.3. The predicted molar refractivity (Wildman–Crippen MR) is 235 cm³/mol. The Balaban J connectivity index is 1.91. The Hall–Kier alpha value is -2.62. The van der Waals surface area contributed by atoms with Crippen molar-refractivity contribution in [1.29, 1.82) is 0 Å². The van der Waals surface area contributed by atoms with Crippen LogP contribution in [-0.2, 0) is 0 Å². The van der Waals surface area contributed by atoms with Crippen LogP contribution in [-0.4, -0.2) is 26.4 Å². The lowest BCUT2D eigenvalue weighted by molar-refractivity contribution is 0.292. The van der Waals surface area contributed by atoms with Crippen LogP contribution >= 0.6 is 0 Å². The van der Waals surface area contributed by atoms with E-state index in [9.17, 15) is 0 Å². The zero-order valence-corrected chi connectivity index (χ0v) is 35.7. The van der Waals surface area contributed by atoms with Gasteiger partial charge in [-0.3, -0.25) is 0 Å². The summed E-state index contributed by atoms with van der Waals surface area (Å²) in [6.45, 7) is 12.0. The van der Waals surface area contributed by atoms with Crippen molar-refractivity contribution in [2.75, 3.05) is 26.4 Å². The smallest absolute Gasteiger partial charge is 0.142 e. The molecule has 54 heavy (non-hydrogen) atoms. The number of fused-ring (bicyclic) bond motifs is 2. The molecule has 0 amide bonds. The van der Waals surface area contributed by atoms with Gasteiger partial charge in [-0.25, -0.2) is 0 Å². The second-order valence-corrected chi connectivity index (χ2v) is 15.9. The number of rotatable bonds is 36. The van der Waals surface area contributed by atoms with Crippen molar-refractivity contribution in [3.8, 4) is 23.0 Å². The molecule has 4 nitrogen and oxygen atoms in total. The van der Waals surface area contributed by atoms with Gasteiger partial charge in [-0.05, 0) is 37.8 Å². The number of ether oxygens (including phenoxy) is 4. The number of unbranched alkanes of at least 4 members (excludes halogenated alkanes) is 24. The van der Waals surface area contributed by atoms with Crippen LogP contribution in [0.25, 0.3) is 21.5 Å². The van der Waals surface area contributed by atoms with E-state index in [-0.39, 0.29) is 0 Å². The lowest BCUT2D eigenvalue weighted by atomic mass is 9.98. The summed E-state index contributed by atoms with van der Waals surface area (Å²) < 4.78 is 27.1. The van der Waals surface area contributed by atoms with Gasteiger partial charge in [-0.1, -0.05) is 206 Å². The third-order valence-electron chi connectivity index (χ3n) is 11.0. The summed E-state index contributed by atoms with van der Waals surface area (Å²) in [5.74, 6) is 3.65. The molecular weight excluding hydrogens is 665 g/mol. The van der Waals surface area contributed by atoms with Crippen molar-refractivity contribution < 1.29 is 18.9 Å². The highest BCUT2D eigenvalue weighted by atomic mass is 16.5. The van der Waals surface area contributed by atoms with E-state index in [1.165, 1.54) is 154 Å². The van der Waals surface area contributed by atoms with E-state index in [4.69, 9.17) is 18.9 Å². The molecule has 0 saturated heterocycles. The Morgan fingerprint density at radius 3 is 0.907 bits per heavy atom. The monoisotopic (exact) mass is 747 g/mol. The van der Waals surface area contributed by atoms with E-state index in [1.807, 2.05) is 0 Å². The Kier molecular flexibility index (Phi) is 25.9. The molecule has 306 valence electrons. The van der Waals surface area contributed by atoms with E-state index >= 15 is 0 Å². The van der Waals surface area contributed by atoms with Crippen LogP contribution in [0, 0.1) is 0 Å². The van der Waals surface area contributed by atoms with Gasteiger partial charge in [-0.15, -0.1) is 0 Å². The van der Waals surface area contributed by atoms with Gasteiger partial charge in [0.2, 0.25) is 0 Å². The molecule has 3 rings (SSSR count). The molecule has 0 fully saturated rings. The SMILES string of the molecule is CCCCCCCCCOc1c2cccc(OCCCCCCCCC)c2c(OCCCCCCCCC)c2c(OCCCCCCCCC)cccc12. The number of hydrogen-bond donors (Lipinski definition) is 0. The van der Waals surface area contributed by atoms with Crippen molar-refractivity contribution in [3.63, 3.8) is 0 Å². The molecule has 0 aliphatic rings.